The van der Waals surface area contributed by atoms with Gasteiger partial charge in [-0.1, -0.05) is 15.9 Å². The molecular formula is C14H17BrN2O. The number of hydrogen-bond acceptors (Lipinski definition) is 3. The number of rotatable bonds is 6. The Morgan fingerprint density at radius 3 is 2.83 bits per heavy atom. The molecule has 1 aromatic heterocycles. The van der Waals surface area contributed by atoms with Crippen molar-refractivity contribution >= 4 is 32.7 Å². The van der Waals surface area contributed by atoms with Crippen molar-refractivity contribution in [3.05, 3.63) is 30.3 Å². The number of benzene rings is 1. The van der Waals surface area contributed by atoms with Gasteiger partial charge < -0.3 is 10.5 Å². The van der Waals surface area contributed by atoms with E-state index in [-0.39, 0.29) is 0 Å². The maximum absolute atomic E-state index is 5.72. The number of halogens is 1. The average molecular weight is 309 g/mol. The van der Waals surface area contributed by atoms with E-state index in [0.717, 1.165) is 35.0 Å². The van der Waals surface area contributed by atoms with Crippen LogP contribution in [-0.4, -0.2) is 16.9 Å². The Balaban J connectivity index is 1.95. The molecule has 3 nitrogen and oxygen atoms in total. The fourth-order valence-corrected chi connectivity index (χ4v) is 2.17. The highest BCUT2D eigenvalue weighted by Crippen LogP contribution is 2.20. The van der Waals surface area contributed by atoms with Crippen molar-refractivity contribution < 1.29 is 4.74 Å². The Labute approximate surface area is 115 Å². The van der Waals surface area contributed by atoms with Crippen LogP contribution in [0.25, 0.3) is 10.9 Å². The van der Waals surface area contributed by atoms with Crippen LogP contribution in [0, 0.1) is 0 Å². The van der Waals surface area contributed by atoms with E-state index in [1.807, 2.05) is 30.3 Å². The van der Waals surface area contributed by atoms with Crippen LogP contribution in [0.5, 0.6) is 5.75 Å². The normalized spacial score (nSPS) is 10.7. The standard InChI is InChI=1S/C14H17BrN2O/c15-8-2-1-3-9-18-12-5-6-13-11(10-12)4-7-14(16)17-13/h4-7,10H,1-3,8-9H2,(H2,16,17). The lowest BCUT2D eigenvalue weighted by atomic mass is 10.2. The lowest BCUT2D eigenvalue weighted by Crippen LogP contribution is -1.97. The minimum Gasteiger partial charge on any atom is -0.494 e. The molecule has 1 aromatic carbocycles. The van der Waals surface area contributed by atoms with E-state index in [2.05, 4.69) is 20.9 Å². The predicted molar refractivity (Wildman–Crippen MR) is 79.3 cm³/mol. The van der Waals surface area contributed by atoms with E-state index in [1.54, 1.807) is 0 Å². The van der Waals surface area contributed by atoms with Crippen molar-refractivity contribution in [2.45, 2.75) is 19.3 Å². The highest BCUT2D eigenvalue weighted by molar-refractivity contribution is 9.09. The molecule has 0 bridgehead atoms. The van der Waals surface area contributed by atoms with E-state index < -0.39 is 0 Å². The lowest BCUT2D eigenvalue weighted by Gasteiger charge is -2.07. The van der Waals surface area contributed by atoms with Crippen LogP contribution >= 0.6 is 15.9 Å². The summed E-state index contributed by atoms with van der Waals surface area (Å²) in [6, 6.07) is 9.67. The largest absolute Gasteiger partial charge is 0.494 e. The zero-order valence-corrected chi connectivity index (χ0v) is 11.8. The SMILES string of the molecule is Nc1ccc2cc(OCCCCCBr)ccc2n1. The van der Waals surface area contributed by atoms with Gasteiger partial charge in [0.25, 0.3) is 0 Å². The molecule has 0 radical (unpaired) electrons. The molecular weight excluding hydrogens is 292 g/mol. The van der Waals surface area contributed by atoms with Gasteiger partial charge in [0.15, 0.2) is 0 Å². The van der Waals surface area contributed by atoms with Crippen molar-refractivity contribution in [2.24, 2.45) is 0 Å². The highest BCUT2D eigenvalue weighted by atomic mass is 79.9. The summed E-state index contributed by atoms with van der Waals surface area (Å²) >= 11 is 3.42. The van der Waals surface area contributed by atoms with Crippen molar-refractivity contribution in [1.82, 2.24) is 4.98 Å². The highest BCUT2D eigenvalue weighted by Gasteiger charge is 1.99. The first-order chi connectivity index (χ1) is 8.79. The number of anilines is 1. The second kappa shape index (κ2) is 6.59. The van der Waals surface area contributed by atoms with Gasteiger partial charge in [-0.2, -0.15) is 0 Å². The van der Waals surface area contributed by atoms with Gasteiger partial charge >= 0.3 is 0 Å². The first-order valence-corrected chi connectivity index (χ1v) is 7.27. The Hall–Kier alpha value is -1.29. The average Bonchev–Trinajstić information content (AvgIpc) is 2.38. The topological polar surface area (TPSA) is 48.1 Å². The lowest BCUT2D eigenvalue weighted by molar-refractivity contribution is 0.307. The predicted octanol–water partition coefficient (Wildman–Crippen LogP) is 3.76. The molecule has 0 saturated heterocycles. The Morgan fingerprint density at radius 1 is 1.11 bits per heavy atom. The molecule has 0 aliphatic carbocycles. The molecule has 0 saturated carbocycles. The van der Waals surface area contributed by atoms with E-state index >= 15 is 0 Å². The van der Waals surface area contributed by atoms with Gasteiger partial charge in [0, 0.05) is 10.7 Å². The van der Waals surface area contributed by atoms with Crippen LogP contribution in [-0.2, 0) is 0 Å². The first-order valence-electron chi connectivity index (χ1n) is 6.14. The zero-order valence-electron chi connectivity index (χ0n) is 10.2. The smallest absolute Gasteiger partial charge is 0.124 e. The minimum absolute atomic E-state index is 0.547. The molecule has 96 valence electrons. The van der Waals surface area contributed by atoms with Crippen molar-refractivity contribution in [3.63, 3.8) is 0 Å². The molecule has 0 amide bonds. The summed E-state index contributed by atoms with van der Waals surface area (Å²) in [5, 5.41) is 2.12. The molecule has 0 unspecified atom stereocenters. The zero-order chi connectivity index (χ0) is 12.8. The number of nitrogens with zero attached hydrogens (tertiary/aromatic N) is 1. The summed E-state index contributed by atoms with van der Waals surface area (Å²) < 4.78 is 5.72. The second-order valence-electron chi connectivity index (χ2n) is 4.19. The number of aromatic nitrogens is 1. The Bertz CT molecular complexity index is 516. The molecule has 18 heavy (non-hydrogen) atoms. The molecule has 0 spiro atoms. The molecule has 2 aromatic rings. The first kappa shape index (κ1) is 13.1. The number of unbranched alkanes of at least 4 members (excludes halogenated alkanes) is 2. The van der Waals surface area contributed by atoms with Gasteiger partial charge in [0.05, 0.1) is 12.1 Å². The summed E-state index contributed by atoms with van der Waals surface area (Å²) in [5.41, 5.74) is 6.55. The Kier molecular flexibility index (Phi) is 4.81. The fraction of sp³-hybridized carbons (Fsp3) is 0.357. The molecule has 1 heterocycles. The number of ether oxygens (including phenoxy) is 1. The van der Waals surface area contributed by atoms with Gasteiger partial charge in [-0.15, -0.1) is 0 Å². The third-order valence-electron chi connectivity index (χ3n) is 2.73. The molecule has 2 N–H and O–H groups in total. The number of alkyl halides is 1. The van der Waals surface area contributed by atoms with Crippen molar-refractivity contribution in [2.75, 3.05) is 17.7 Å². The Morgan fingerprint density at radius 2 is 2.00 bits per heavy atom. The van der Waals surface area contributed by atoms with Gasteiger partial charge in [0.2, 0.25) is 0 Å². The molecule has 0 fully saturated rings. The number of pyridine rings is 1. The molecule has 2 rings (SSSR count). The summed E-state index contributed by atoms with van der Waals surface area (Å²) in [5.74, 6) is 1.44. The third-order valence-corrected chi connectivity index (χ3v) is 3.29. The maximum atomic E-state index is 5.72. The fourth-order valence-electron chi connectivity index (χ4n) is 1.77. The number of hydrogen-bond donors (Lipinski definition) is 1. The van der Waals surface area contributed by atoms with Crippen LogP contribution in [0.3, 0.4) is 0 Å². The number of fused-ring (bicyclic) bond motifs is 1. The monoisotopic (exact) mass is 308 g/mol. The summed E-state index contributed by atoms with van der Waals surface area (Å²) in [7, 11) is 0. The van der Waals surface area contributed by atoms with Gasteiger partial charge in [-0.05, 0) is 49.6 Å². The quantitative estimate of drug-likeness (QED) is 0.653. The minimum atomic E-state index is 0.547. The van der Waals surface area contributed by atoms with Gasteiger partial charge in [-0.25, -0.2) is 4.98 Å². The van der Waals surface area contributed by atoms with Crippen LogP contribution in [0.4, 0.5) is 5.82 Å². The van der Waals surface area contributed by atoms with Gasteiger partial charge in [-0.3, -0.25) is 0 Å². The number of nitrogens with two attached hydrogens (primary N) is 1. The maximum Gasteiger partial charge on any atom is 0.124 e. The summed E-state index contributed by atoms with van der Waals surface area (Å²) in [6.07, 6.45) is 3.48. The van der Waals surface area contributed by atoms with E-state index in [4.69, 9.17) is 10.5 Å². The summed E-state index contributed by atoms with van der Waals surface area (Å²) in [6.45, 7) is 0.765. The van der Waals surface area contributed by atoms with Crippen LogP contribution < -0.4 is 10.5 Å². The van der Waals surface area contributed by atoms with E-state index in [9.17, 15) is 0 Å². The van der Waals surface area contributed by atoms with Crippen molar-refractivity contribution in [3.8, 4) is 5.75 Å². The van der Waals surface area contributed by atoms with Crippen LogP contribution in [0.2, 0.25) is 0 Å². The van der Waals surface area contributed by atoms with Crippen LogP contribution in [0.1, 0.15) is 19.3 Å². The summed E-state index contributed by atoms with van der Waals surface area (Å²) in [4.78, 5) is 4.25. The molecule has 4 heteroatoms. The second-order valence-corrected chi connectivity index (χ2v) is 4.98. The number of nitrogen functional groups attached to an aromatic ring is 1. The molecule has 0 atom stereocenters. The molecule has 0 aliphatic heterocycles. The third kappa shape index (κ3) is 3.60. The molecule has 0 aliphatic rings. The van der Waals surface area contributed by atoms with Crippen LogP contribution in [0.15, 0.2) is 30.3 Å². The van der Waals surface area contributed by atoms with Crippen molar-refractivity contribution in [1.29, 1.82) is 0 Å². The van der Waals surface area contributed by atoms with Gasteiger partial charge in [0.1, 0.15) is 11.6 Å². The van der Waals surface area contributed by atoms with E-state index in [0.29, 0.717) is 5.82 Å². The van der Waals surface area contributed by atoms with E-state index in [1.165, 1.54) is 12.8 Å².